The molecule has 0 radical (unpaired) electrons. The van der Waals surface area contributed by atoms with Crippen molar-refractivity contribution in [3.8, 4) is 0 Å². The van der Waals surface area contributed by atoms with Crippen LogP contribution in [0.1, 0.15) is 39.3 Å². The Kier molecular flexibility index (Phi) is 8.23. The van der Waals surface area contributed by atoms with Crippen molar-refractivity contribution in [1.29, 1.82) is 0 Å². The Hall–Kier alpha value is -1.13. The van der Waals surface area contributed by atoms with E-state index in [9.17, 15) is 0 Å². The van der Waals surface area contributed by atoms with Gasteiger partial charge in [-0.2, -0.15) is 0 Å². The van der Waals surface area contributed by atoms with Gasteiger partial charge in [0.1, 0.15) is 0 Å². The lowest BCUT2D eigenvalue weighted by Gasteiger charge is -2.27. The highest BCUT2D eigenvalue weighted by molar-refractivity contribution is 5.43. The van der Waals surface area contributed by atoms with Crippen molar-refractivity contribution in [2.75, 3.05) is 32.1 Å². The maximum absolute atomic E-state index is 5.21. The van der Waals surface area contributed by atoms with Crippen molar-refractivity contribution in [2.45, 2.75) is 46.2 Å². The Morgan fingerprint density at radius 1 is 1.40 bits per heavy atom. The summed E-state index contributed by atoms with van der Waals surface area (Å²) < 4.78 is 5.21. The molecule has 1 atom stereocenters. The lowest BCUT2D eigenvalue weighted by molar-refractivity contribution is 0.117. The summed E-state index contributed by atoms with van der Waals surface area (Å²) in [5.41, 5.74) is 2.27. The Morgan fingerprint density at radius 2 is 2.20 bits per heavy atom. The fraction of sp³-hybridized carbons (Fsp3) is 0.688. The van der Waals surface area contributed by atoms with Crippen molar-refractivity contribution >= 4 is 5.69 Å². The molecule has 0 amide bonds. The van der Waals surface area contributed by atoms with E-state index in [1.165, 1.54) is 0 Å². The summed E-state index contributed by atoms with van der Waals surface area (Å²) in [5.74, 6) is 0. The van der Waals surface area contributed by atoms with E-state index in [2.05, 4.69) is 42.0 Å². The number of nitrogens with one attached hydrogen (secondary N) is 1. The van der Waals surface area contributed by atoms with Crippen LogP contribution in [-0.4, -0.2) is 42.7 Å². The van der Waals surface area contributed by atoms with Gasteiger partial charge in [-0.1, -0.05) is 13.8 Å². The molecule has 0 saturated heterocycles. The Morgan fingerprint density at radius 3 is 2.85 bits per heavy atom. The number of methoxy groups -OCH3 is 1. The van der Waals surface area contributed by atoms with Gasteiger partial charge in [-0.15, -0.1) is 0 Å². The molecule has 1 unspecified atom stereocenters. The molecule has 1 rings (SSSR count). The largest absolute Gasteiger partial charge is 0.385 e. The van der Waals surface area contributed by atoms with Crippen molar-refractivity contribution in [3.05, 3.63) is 24.0 Å². The van der Waals surface area contributed by atoms with Crippen LogP contribution in [0, 0.1) is 0 Å². The Labute approximate surface area is 123 Å². The van der Waals surface area contributed by atoms with Crippen molar-refractivity contribution in [3.63, 3.8) is 0 Å². The van der Waals surface area contributed by atoms with Crippen LogP contribution >= 0.6 is 0 Å². The minimum absolute atomic E-state index is 0.541. The van der Waals surface area contributed by atoms with Gasteiger partial charge in [-0.3, -0.25) is 9.88 Å². The number of anilines is 1. The van der Waals surface area contributed by atoms with E-state index >= 15 is 0 Å². The molecule has 0 aromatic carbocycles. The monoisotopic (exact) mass is 279 g/mol. The van der Waals surface area contributed by atoms with Crippen LogP contribution in [0.2, 0.25) is 0 Å². The molecule has 1 aromatic heterocycles. The molecule has 1 aromatic rings. The summed E-state index contributed by atoms with van der Waals surface area (Å²) in [5, 5.41) is 3.41. The first-order valence-electron chi connectivity index (χ1n) is 7.63. The maximum atomic E-state index is 5.21. The smallest absolute Gasteiger partial charge is 0.0589 e. The quantitative estimate of drug-likeness (QED) is 0.714. The molecule has 0 fully saturated rings. The lowest BCUT2D eigenvalue weighted by atomic mass is 10.2. The highest BCUT2D eigenvalue weighted by atomic mass is 16.5. The number of nitrogens with zero attached hydrogens (tertiary/aromatic N) is 2. The zero-order valence-corrected chi connectivity index (χ0v) is 13.4. The highest BCUT2D eigenvalue weighted by Gasteiger charge is 2.13. The van der Waals surface area contributed by atoms with Gasteiger partial charge in [0, 0.05) is 44.7 Å². The first-order chi connectivity index (χ1) is 9.71. The molecule has 114 valence electrons. The first-order valence-corrected chi connectivity index (χ1v) is 7.63. The summed E-state index contributed by atoms with van der Waals surface area (Å²) in [6.45, 7) is 10.2. The minimum atomic E-state index is 0.541. The van der Waals surface area contributed by atoms with Crippen LogP contribution < -0.4 is 5.32 Å². The number of pyridine rings is 1. The summed E-state index contributed by atoms with van der Waals surface area (Å²) in [7, 11) is 1.75. The van der Waals surface area contributed by atoms with Gasteiger partial charge in [0.05, 0.1) is 12.3 Å². The molecular weight excluding hydrogens is 250 g/mol. The second kappa shape index (κ2) is 9.72. The van der Waals surface area contributed by atoms with Gasteiger partial charge in [-0.05, 0) is 31.9 Å². The normalized spacial score (nSPS) is 12.7. The van der Waals surface area contributed by atoms with Crippen molar-refractivity contribution < 1.29 is 4.74 Å². The predicted molar refractivity (Wildman–Crippen MR) is 85.1 cm³/mol. The molecule has 20 heavy (non-hydrogen) atoms. The molecular formula is C16H29N3O. The lowest BCUT2D eigenvalue weighted by Crippen LogP contribution is -2.35. The molecule has 0 aliphatic rings. The Bertz CT molecular complexity index is 370. The number of ether oxygens (including phenoxy) is 1. The van der Waals surface area contributed by atoms with Crippen molar-refractivity contribution in [2.24, 2.45) is 0 Å². The maximum Gasteiger partial charge on any atom is 0.0589 e. The molecule has 0 spiro atoms. The third-order valence-electron chi connectivity index (χ3n) is 3.56. The SMILES string of the molecule is CCCNc1ccnc(CN(CCOC)C(C)CC)c1. The van der Waals surface area contributed by atoms with Gasteiger partial charge in [-0.25, -0.2) is 0 Å². The van der Waals surface area contributed by atoms with Crippen molar-refractivity contribution in [1.82, 2.24) is 9.88 Å². The number of hydrogen-bond acceptors (Lipinski definition) is 4. The van der Waals surface area contributed by atoms with Crippen LogP contribution in [-0.2, 0) is 11.3 Å². The molecule has 0 aliphatic heterocycles. The van der Waals surface area contributed by atoms with E-state index in [0.29, 0.717) is 6.04 Å². The van der Waals surface area contributed by atoms with Crippen LogP contribution in [0.25, 0.3) is 0 Å². The Balaban J connectivity index is 2.66. The van der Waals surface area contributed by atoms with E-state index in [4.69, 9.17) is 4.74 Å². The first kappa shape index (κ1) is 16.9. The summed E-state index contributed by atoms with van der Waals surface area (Å²) >= 11 is 0. The zero-order chi connectivity index (χ0) is 14.8. The van der Waals surface area contributed by atoms with E-state index in [1.807, 2.05) is 12.3 Å². The molecule has 4 nitrogen and oxygen atoms in total. The molecule has 1 N–H and O–H groups in total. The van der Waals surface area contributed by atoms with E-state index in [-0.39, 0.29) is 0 Å². The number of hydrogen-bond donors (Lipinski definition) is 1. The predicted octanol–water partition coefficient (Wildman–Crippen LogP) is 3.15. The standard InChI is InChI=1S/C16H29N3O/c1-5-8-17-15-7-9-18-16(12-15)13-19(10-11-20-4)14(3)6-2/h7,9,12,14H,5-6,8,10-11,13H2,1-4H3,(H,17,18). The van der Waals surface area contributed by atoms with E-state index in [1.54, 1.807) is 7.11 Å². The third kappa shape index (κ3) is 5.88. The highest BCUT2D eigenvalue weighted by Crippen LogP contribution is 2.13. The number of rotatable bonds is 10. The fourth-order valence-corrected chi connectivity index (χ4v) is 2.07. The average Bonchev–Trinajstić information content (AvgIpc) is 2.49. The van der Waals surface area contributed by atoms with Crippen LogP contribution in [0.15, 0.2) is 18.3 Å². The van der Waals surface area contributed by atoms with Crippen LogP contribution in [0.4, 0.5) is 5.69 Å². The summed E-state index contributed by atoms with van der Waals surface area (Å²) in [6.07, 6.45) is 4.15. The topological polar surface area (TPSA) is 37.4 Å². The molecule has 0 saturated carbocycles. The summed E-state index contributed by atoms with van der Waals surface area (Å²) in [4.78, 5) is 6.92. The summed E-state index contributed by atoms with van der Waals surface area (Å²) in [6, 6.07) is 4.72. The third-order valence-corrected chi connectivity index (χ3v) is 3.56. The van der Waals surface area contributed by atoms with E-state index in [0.717, 1.165) is 50.5 Å². The van der Waals surface area contributed by atoms with Gasteiger partial charge in [0.2, 0.25) is 0 Å². The second-order valence-electron chi connectivity index (χ2n) is 5.18. The molecule has 4 heteroatoms. The zero-order valence-electron chi connectivity index (χ0n) is 13.4. The fourth-order valence-electron chi connectivity index (χ4n) is 2.07. The van der Waals surface area contributed by atoms with Crippen LogP contribution in [0.3, 0.4) is 0 Å². The van der Waals surface area contributed by atoms with Gasteiger partial charge < -0.3 is 10.1 Å². The molecule has 0 bridgehead atoms. The van der Waals surface area contributed by atoms with E-state index < -0.39 is 0 Å². The molecule has 1 heterocycles. The number of aromatic nitrogens is 1. The minimum Gasteiger partial charge on any atom is -0.385 e. The second-order valence-corrected chi connectivity index (χ2v) is 5.18. The van der Waals surface area contributed by atoms with Gasteiger partial charge >= 0.3 is 0 Å². The van der Waals surface area contributed by atoms with Crippen LogP contribution in [0.5, 0.6) is 0 Å². The van der Waals surface area contributed by atoms with Gasteiger partial charge in [0.15, 0.2) is 0 Å². The average molecular weight is 279 g/mol. The molecule has 0 aliphatic carbocycles. The van der Waals surface area contributed by atoms with Gasteiger partial charge in [0.25, 0.3) is 0 Å².